The van der Waals surface area contributed by atoms with Crippen molar-refractivity contribution in [1.82, 2.24) is 14.5 Å². The maximum atomic E-state index is 15.1. The number of imide groups is 1. The molecule has 0 spiro atoms. The molecular formula is C25H23F4N3O5S. The molecule has 1 N–H and O–H groups in total. The number of carbonyl (C=O) groups excluding carboxylic acids is 3. The number of piperidine rings is 2. The molecule has 8 nitrogen and oxygen atoms in total. The van der Waals surface area contributed by atoms with Crippen LogP contribution < -0.4 is 5.32 Å². The quantitative estimate of drug-likeness (QED) is 0.463. The zero-order valence-electron chi connectivity index (χ0n) is 19.9. The van der Waals surface area contributed by atoms with Crippen molar-refractivity contribution >= 4 is 27.7 Å². The second kappa shape index (κ2) is 9.45. The number of nitrogens with one attached hydrogen (secondary N) is 1. The molecule has 3 heterocycles. The first kappa shape index (κ1) is 26.3. The fourth-order valence-corrected chi connectivity index (χ4v) is 7.08. The van der Waals surface area contributed by atoms with Gasteiger partial charge >= 0.3 is 6.18 Å². The molecule has 2 saturated heterocycles. The number of sulfonamides is 1. The molecule has 3 amide bonds. The number of carbonyl (C=O) groups is 3. The van der Waals surface area contributed by atoms with Crippen molar-refractivity contribution in [2.75, 3.05) is 13.1 Å². The molecule has 0 saturated carbocycles. The van der Waals surface area contributed by atoms with E-state index in [2.05, 4.69) is 5.32 Å². The minimum absolute atomic E-state index is 0.0647. The first-order chi connectivity index (χ1) is 17.9. The van der Waals surface area contributed by atoms with Crippen LogP contribution in [0, 0.1) is 5.82 Å². The Balaban J connectivity index is 1.33. The lowest BCUT2D eigenvalue weighted by Gasteiger charge is -2.32. The van der Waals surface area contributed by atoms with E-state index in [1.807, 2.05) is 0 Å². The lowest BCUT2D eigenvalue weighted by Crippen LogP contribution is -2.52. The molecule has 3 aliphatic heterocycles. The number of hydrogen-bond acceptors (Lipinski definition) is 5. The summed E-state index contributed by atoms with van der Waals surface area (Å²) < 4.78 is 82.4. The Morgan fingerprint density at radius 2 is 1.66 bits per heavy atom. The van der Waals surface area contributed by atoms with Crippen molar-refractivity contribution in [2.45, 2.75) is 55.3 Å². The summed E-state index contributed by atoms with van der Waals surface area (Å²) in [5.74, 6) is -2.57. The molecule has 1 unspecified atom stereocenters. The summed E-state index contributed by atoms with van der Waals surface area (Å²) in [5.41, 5.74) is -0.309. The number of alkyl halides is 3. The van der Waals surface area contributed by atoms with Gasteiger partial charge in [-0.1, -0.05) is 18.2 Å². The van der Waals surface area contributed by atoms with Crippen LogP contribution in [0.4, 0.5) is 17.6 Å². The Morgan fingerprint density at radius 1 is 0.974 bits per heavy atom. The van der Waals surface area contributed by atoms with Crippen LogP contribution in [-0.2, 0) is 32.3 Å². The first-order valence-corrected chi connectivity index (χ1v) is 13.5. The van der Waals surface area contributed by atoms with Gasteiger partial charge in [0.1, 0.15) is 11.9 Å². The minimum Gasteiger partial charge on any atom is -0.322 e. The predicted molar refractivity (Wildman–Crippen MR) is 125 cm³/mol. The topological polar surface area (TPSA) is 104 Å². The zero-order valence-corrected chi connectivity index (χ0v) is 20.7. The Kier molecular flexibility index (Phi) is 6.54. The molecule has 2 fully saturated rings. The van der Waals surface area contributed by atoms with E-state index < -0.39 is 62.2 Å². The Morgan fingerprint density at radius 3 is 2.32 bits per heavy atom. The van der Waals surface area contributed by atoms with Gasteiger partial charge < -0.3 is 4.90 Å². The largest absolute Gasteiger partial charge is 0.417 e. The van der Waals surface area contributed by atoms with E-state index in [1.54, 1.807) is 6.07 Å². The third-order valence-electron chi connectivity index (χ3n) is 7.34. The van der Waals surface area contributed by atoms with E-state index in [9.17, 15) is 36.0 Å². The molecule has 13 heteroatoms. The Bertz CT molecular complexity index is 1430. The number of nitrogens with zero attached hydrogens (tertiary/aromatic N) is 2. The monoisotopic (exact) mass is 553 g/mol. The summed E-state index contributed by atoms with van der Waals surface area (Å²) in [4.78, 5) is 37.1. The van der Waals surface area contributed by atoms with Crippen molar-refractivity contribution in [3.63, 3.8) is 0 Å². The average molecular weight is 554 g/mol. The average Bonchev–Trinajstić information content (AvgIpc) is 3.18. The highest BCUT2D eigenvalue weighted by atomic mass is 32.2. The number of amides is 3. The maximum Gasteiger partial charge on any atom is 0.417 e. The molecule has 38 heavy (non-hydrogen) atoms. The number of benzene rings is 2. The summed E-state index contributed by atoms with van der Waals surface area (Å²) in [6.45, 7) is -0.136. The molecule has 0 aliphatic carbocycles. The van der Waals surface area contributed by atoms with Crippen LogP contribution in [0.1, 0.15) is 58.6 Å². The fraction of sp³-hybridized carbons (Fsp3) is 0.400. The minimum atomic E-state index is -4.84. The number of fused-ring (bicyclic) bond motifs is 1. The van der Waals surface area contributed by atoms with Gasteiger partial charge in [0, 0.05) is 31.6 Å². The number of halogens is 4. The van der Waals surface area contributed by atoms with Crippen LogP contribution in [0.25, 0.3) is 0 Å². The third-order valence-corrected chi connectivity index (χ3v) is 9.30. The van der Waals surface area contributed by atoms with E-state index in [0.29, 0.717) is 5.56 Å². The molecule has 0 radical (unpaired) electrons. The van der Waals surface area contributed by atoms with Crippen LogP contribution in [0.3, 0.4) is 0 Å². The SMILES string of the molecule is O=C1CCC(N2Cc3cc(C4CCN(S(=O)(=O)c5ccccc5C(F)(F)F)CC4)c(F)cc3C2=O)C(=O)N1. The maximum absolute atomic E-state index is 15.1. The molecule has 202 valence electrons. The van der Waals surface area contributed by atoms with Gasteiger partial charge in [0.2, 0.25) is 21.8 Å². The van der Waals surface area contributed by atoms with Gasteiger partial charge in [-0.2, -0.15) is 17.5 Å². The molecule has 0 bridgehead atoms. The van der Waals surface area contributed by atoms with Gasteiger partial charge in [-0.05, 0) is 54.5 Å². The number of rotatable bonds is 4. The van der Waals surface area contributed by atoms with E-state index >= 15 is 4.39 Å². The van der Waals surface area contributed by atoms with Gasteiger partial charge in [-0.3, -0.25) is 19.7 Å². The Hall–Kier alpha value is -3.32. The van der Waals surface area contributed by atoms with Gasteiger partial charge in [0.25, 0.3) is 5.91 Å². The summed E-state index contributed by atoms with van der Waals surface area (Å²) >= 11 is 0. The van der Waals surface area contributed by atoms with Crippen LogP contribution in [-0.4, -0.2) is 54.5 Å². The fourth-order valence-electron chi connectivity index (χ4n) is 5.39. The Labute approximate surface area is 215 Å². The van der Waals surface area contributed by atoms with E-state index in [1.165, 1.54) is 11.0 Å². The van der Waals surface area contributed by atoms with Gasteiger partial charge in [0.15, 0.2) is 0 Å². The molecule has 3 aliphatic rings. The summed E-state index contributed by atoms with van der Waals surface area (Å²) in [5, 5.41) is 2.21. The molecule has 2 aromatic carbocycles. The second-order valence-corrected chi connectivity index (χ2v) is 11.5. The molecular weight excluding hydrogens is 530 g/mol. The normalized spacial score (nSPS) is 21.5. The van der Waals surface area contributed by atoms with Crippen LogP contribution in [0.2, 0.25) is 0 Å². The van der Waals surface area contributed by atoms with E-state index in [0.717, 1.165) is 28.6 Å². The smallest absolute Gasteiger partial charge is 0.322 e. The predicted octanol–water partition coefficient (Wildman–Crippen LogP) is 3.17. The highest BCUT2D eigenvalue weighted by Crippen LogP contribution is 2.39. The number of hydrogen-bond donors (Lipinski definition) is 1. The standard InChI is InChI=1S/C25H23F4N3O5S/c26-19-12-17-15(13-32(24(17)35)20-5-6-22(33)30-23(20)34)11-16(19)14-7-9-31(10-8-14)38(36,37)21-4-2-1-3-18(21)25(27,28)29/h1-4,11-12,14,20H,5-10,13H2,(H,30,33,34). The molecule has 2 aromatic rings. The van der Waals surface area contributed by atoms with Crippen LogP contribution in [0.5, 0.6) is 0 Å². The van der Waals surface area contributed by atoms with E-state index in [-0.39, 0.29) is 56.4 Å². The molecule has 5 rings (SSSR count). The highest BCUT2D eigenvalue weighted by molar-refractivity contribution is 7.89. The van der Waals surface area contributed by atoms with Gasteiger partial charge in [-0.15, -0.1) is 0 Å². The summed E-state index contributed by atoms with van der Waals surface area (Å²) in [7, 11) is -4.43. The molecule has 1 atom stereocenters. The van der Waals surface area contributed by atoms with Crippen molar-refractivity contribution < 1.29 is 40.4 Å². The van der Waals surface area contributed by atoms with Crippen molar-refractivity contribution in [2.24, 2.45) is 0 Å². The van der Waals surface area contributed by atoms with Crippen molar-refractivity contribution in [3.05, 3.63) is 64.5 Å². The third kappa shape index (κ3) is 4.57. The first-order valence-electron chi connectivity index (χ1n) is 12.0. The van der Waals surface area contributed by atoms with Crippen molar-refractivity contribution in [1.29, 1.82) is 0 Å². The van der Waals surface area contributed by atoms with E-state index in [4.69, 9.17) is 0 Å². The zero-order chi connectivity index (χ0) is 27.4. The summed E-state index contributed by atoms with van der Waals surface area (Å²) in [6, 6.07) is 5.82. The summed E-state index contributed by atoms with van der Waals surface area (Å²) in [6.07, 6.45) is -4.23. The van der Waals surface area contributed by atoms with Gasteiger partial charge in [0.05, 0.1) is 10.5 Å². The van der Waals surface area contributed by atoms with Crippen LogP contribution in [0.15, 0.2) is 41.3 Å². The molecule has 0 aromatic heterocycles. The second-order valence-electron chi connectivity index (χ2n) is 9.60. The lowest BCUT2D eigenvalue weighted by atomic mass is 9.88. The van der Waals surface area contributed by atoms with Crippen molar-refractivity contribution in [3.8, 4) is 0 Å². The highest BCUT2D eigenvalue weighted by Gasteiger charge is 2.42. The van der Waals surface area contributed by atoms with Crippen LogP contribution >= 0.6 is 0 Å². The lowest BCUT2D eigenvalue weighted by molar-refractivity contribution is -0.140. The van der Waals surface area contributed by atoms with Gasteiger partial charge in [-0.25, -0.2) is 12.8 Å².